The van der Waals surface area contributed by atoms with Gasteiger partial charge in [0.1, 0.15) is 12.4 Å². The molecule has 0 saturated carbocycles. The van der Waals surface area contributed by atoms with Crippen molar-refractivity contribution in [1.29, 1.82) is 0 Å². The third kappa shape index (κ3) is 7.17. The Hall–Kier alpha value is -3.15. The zero-order valence-corrected chi connectivity index (χ0v) is 20.1. The molecule has 0 aliphatic rings. The van der Waals surface area contributed by atoms with Crippen molar-refractivity contribution in [2.24, 2.45) is 0 Å². The summed E-state index contributed by atoms with van der Waals surface area (Å²) < 4.78 is 16.9. The summed E-state index contributed by atoms with van der Waals surface area (Å²) in [4.78, 5) is 12.3. The molecular formula is C26H25Cl2NO4. The smallest absolute Gasteiger partial charge is 0.248 e. The van der Waals surface area contributed by atoms with Crippen LogP contribution in [-0.2, 0) is 11.4 Å². The molecule has 0 aliphatic carbocycles. The van der Waals surface area contributed by atoms with Crippen LogP contribution in [0, 0.1) is 0 Å². The van der Waals surface area contributed by atoms with E-state index in [1.807, 2.05) is 32.0 Å². The third-order valence-corrected chi connectivity index (χ3v) is 5.25. The van der Waals surface area contributed by atoms with E-state index in [4.69, 9.17) is 37.4 Å². The van der Waals surface area contributed by atoms with Crippen LogP contribution in [0.3, 0.4) is 0 Å². The van der Waals surface area contributed by atoms with Crippen molar-refractivity contribution in [2.45, 2.75) is 26.6 Å². The maximum absolute atomic E-state index is 12.3. The first-order valence-electron chi connectivity index (χ1n) is 10.3. The molecule has 0 unspecified atom stereocenters. The van der Waals surface area contributed by atoms with Gasteiger partial charge in [-0.3, -0.25) is 4.79 Å². The van der Waals surface area contributed by atoms with E-state index >= 15 is 0 Å². The lowest BCUT2D eigenvalue weighted by molar-refractivity contribution is -0.111. The summed E-state index contributed by atoms with van der Waals surface area (Å²) in [5.74, 6) is 1.57. The van der Waals surface area contributed by atoms with Crippen LogP contribution in [0.1, 0.15) is 25.0 Å². The Balaban J connectivity index is 1.62. The molecule has 1 N–H and O–H groups in total. The van der Waals surface area contributed by atoms with E-state index in [0.717, 1.165) is 11.3 Å². The Kier molecular flexibility index (Phi) is 8.64. The van der Waals surface area contributed by atoms with Gasteiger partial charge in [0.05, 0.1) is 13.2 Å². The highest BCUT2D eigenvalue weighted by Crippen LogP contribution is 2.31. The van der Waals surface area contributed by atoms with Gasteiger partial charge in [-0.1, -0.05) is 35.3 Å². The lowest BCUT2D eigenvalue weighted by Crippen LogP contribution is -2.08. The number of carbonyl (C=O) groups excluding carboxylic acids is 1. The molecule has 172 valence electrons. The SMILES string of the molecule is COc1cc(C=CC(=O)Nc2ccc(OC(C)C)cc2)ccc1OCc1c(Cl)cccc1Cl. The Morgan fingerprint density at radius 1 is 1.00 bits per heavy atom. The molecule has 0 aliphatic heterocycles. The van der Waals surface area contributed by atoms with E-state index in [9.17, 15) is 4.79 Å². The average Bonchev–Trinajstić information content (AvgIpc) is 2.78. The highest BCUT2D eigenvalue weighted by Gasteiger charge is 2.10. The zero-order chi connectivity index (χ0) is 23.8. The number of halogens is 2. The minimum Gasteiger partial charge on any atom is -0.493 e. The minimum atomic E-state index is -0.250. The van der Waals surface area contributed by atoms with Crippen LogP contribution < -0.4 is 19.5 Å². The van der Waals surface area contributed by atoms with Gasteiger partial charge < -0.3 is 19.5 Å². The Morgan fingerprint density at radius 2 is 1.70 bits per heavy atom. The highest BCUT2D eigenvalue weighted by atomic mass is 35.5. The van der Waals surface area contributed by atoms with Gasteiger partial charge in [0.15, 0.2) is 11.5 Å². The predicted molar refractivity (Wildman–Crippen MR) is 134 cm³/mol. The van der Waals surface area contributed by atoms with Crippen molar-refractivity contribution in [3.63, 3.8) is 0 Å². The monoisotopic (exact) mass is 485 g/mol. The fourth-order valence-electron chi connectivity index (χ4n) is 2.97. The number of anilines is 1. The van der Waals surface area contributed by atoms with Crippen LogP contribution in [0.4, 0.5) is 5.69 Å². The van der Waals surface area contributed by atoms with Gasteiger partial charge in [0.2, 0.25) is 5.91 Å². The van der Waals surface area contributed by atoms with Crippen molar-refractivity contribution in [1.82, 2.24) is 0 Å². The van der Waals surface area contributed by atoms with Crippen molar-refractivity contribution in [3.8, 4) is 17.2 Å². The second kappa shape index (κ2) is 11.6. The first kappa shape index (κ1) is 24.5. The normalized spacial score (nSPS) is 11.0. The van der Waals surface area contributed by atoms with Gasteiger partial charge in [-0.15, -0.1) is 0 Å². The van der Waals surface area contributed by atoms with Crippen LogP contribution in [0.2, 0.25) is 10.0 Å². The molecule has 0 heterocycles. The molecular weight excluding hydrogens is 461 g/mol. The van der Waals surface area contributed by atoms with Crippen LogP contribution >= 0.6 is 23.2 Å². The van der Waals surface area contributed by atoms with Gasteiger partial charge in [-0.05, 0) is 74.0 Å². The summed E-state index contributed by atoms with van der Waals surface area (Å²) in [6.07, 6.45) is 3.25. The van der Waals surface area contributed by atoms with Crippen LogP contribution in [-0.4, -0.2) is 19.1 Å². The Labute approximate surface area is 203 Å². The van der Waals surface area contributed by atoms with Crippen LogP contribution in [0.15, 0.2) is 66.7 Å². The van der Waals surface area contributed by atoms with E-state index in [1.165, 1.54) is 6.08 Å². The summed E-state index contributed by atoms with van der Waals surface area (Å²) in [7, 11) is 1.55. The number of ether oxygens (including phenoxy) is 3. The summed E-state index contributed by atoms with van der Waals surface area (Å²) in [6.45, 7) is 4.12. The zero-order valence-electron chi connectivity index (χ0n) is 18.6. The van der Waals surface area contributed by atoms with E-state index in [-0.39, 0.29) is 18.6 Å². The molecule has 1 amide bonds. The molecule has 5 nitrogen and oxygen atoms in total. The van der Waals surface area contributed by atoms with Gasteiger partial charge in [0, 0.05) is 27.4 Å². The van der Waals surface area contributed by atoms with Crippen molar-refractivity contribution in [3.05, 3.63) is 87.9 Å². The lowest BCUT2D eigenvalue weighted by atomic mass is 10.2. The van der Waals surface area contributed by atoms with E-state index in [1.54, 1.807) is 55.7 Å². The van der Waals surface area contributed by atoms with Crippen LogP contribution in [0.5, 0.6) is 17.2 Å². The third-order valence-electron chi connectivity index (χ3n) is 4.54. The number of amides is 1. The van der Waals surface area contributed by atoms with Gasteiger partial charge >= 0.3 is 0 Å². The predicted octanol–water partition coefficient (Wildman–Crippen LogP) is 7.02. The number of nitrogens with one attached hydrogen (secondary N) is 1. The van der Waals surface area contributed by atoms with E-state index in [2.05, 4.69) is 5.32 Å². The second-order valence-corrected chi connectivity index (χ2v) is 8.23. The van der Waals surface area contributed by atoms with Crippen molar-refractivity contribution in [2.75, 3.05) is 12.4 Å². The molecule has 33 heavy (non-hydrogen) atoms. The van der Waals surface area contributed by atoms with E-state index in [0.29, 0.717) is 32.8 Å². The highest BCUT2D eigenvalue weighted by molar-refractivity contribution is 6.35. The summed E-state index contributed by atoms with van der Waals surface area (Å²) in [6, 6.07) is 17.9. The Morgan fingerprint density at radius 3 is 2.33 bits per heavy atom. The molecule has 7 heteroatoms. The summed E-state index contributed by atoms with van der Waals surface area (Å²) in [5, 5.41) is 3.89. The number of hydrogen-bond acceptors (Lipinski definition) is 4. The molecule has 3 rings (SSSR count). The maximum Gasteiger partial charge on any atom is 0.248 e. The standard InChI is InChI=1S/C26H25Cl2NO4/c1-17(2)33-20-11-9-19(10-12-20)29-26(30)14-8-18-7-13-24(25(15-18)31-3)32-16-21-22(27)5-4-6-23(21)28/h4-15,17H,16H2,1-3H3,(H,29,30). The first-order valence-corrected chi connectivity index (χ1v) is 11.1. The first-order chi connectivity index (χ1) is 15.9. The number of hydrogen-bond donors (Lipinski definition) is 1. The fourth-order valence-corrected chi connectivity index (χ4v) is 3.48. The largest absolute Gasteiger partial charge is 0.493 e. The van der Waals surface area contributed by atoms with E-state index < -0.39 is 0 Å². The van der Waals surface area contributed by atoms with Crippen LogP contribution in [0.25, 0.3) is 6.08 Å². The van der Waals surface area contributed by atoms with Gasteiger partial charge in [0.25, 0.3) is 0 Å². The second-order valence-electron chi connectivity index (χ2n) is 7.41. The number of methoxy groups -OCH3 is 1. The quantitative estimate of drug-likeness (QED) is 0.330. The molecule has 3 aromatic carbocycles. The fraction of sp³-hybridized carbons (Fsp3) is 0.192. The molecule has 0 saturated heterocycles. The van der Waals surface area contributed by atoms with Gasteiger partial charge in [-0.2, -0.15) is 0 Å². The summed E-state index contributed by atoms with van der Waals surface area (Å²) >= 11 is 12.4. The minimum absolute atomic E-state index is 0.0936. The molecule has 3 aromatic rings. The van der Waals surface area contributed by atoms with Crippen molar-refractivity contribution < 1.29 is 19.0 Å². The molecule has 0 bridgehead atoms. The number of rotatable bonds is 9. The molecule has 0 fully saturated rings. The molecule has 0 radical (unpaired) electrons. The molecule has 0 aromatic heterocycles. The number of carbonyl (C=O) groups is 1. The molecule has 0 atom stereocenters. The number of benzene rings is 3. The van der Waals surface area contributed by atoms with Crippen molar-refractivity contribution >= 4 is 40.9 Å². The average molecular weight is 486 g/mol. The Bertz CT molecular complexity index is 1110. The topological polar surface area (TPSA) is 56.8 Å². The summed E-state index contributed by atoms with van der Waals surface area (Å²) in [5.41, 5.74) is 2.17. The van der Waals surface area contributed by atoms with Gasteiger partial charge in [-0.25, -0.2) is 0 Å². The maximum atomic E-state index is 12.3. The lowest BCUT2D eigenvalue weighted by Gasteiger charge is -2.13. The molecule has 0 spiro atoms.